The Morgan fingerprint density at radius 3 is 1.35 bits per heavy atom. The number of fused-ring (bicyclic) bond motifs is 2. The second kappa shape index (κ2) is 18.5. The smallest absolute Gasteiger partial charge is 0.0601 e. The van der Waals surface area contributed by atoms with Gasteiger partial charge in [-0.15, -0.1) is 11.3 Å². The van der Waals surface area contributed by atoms with Crippen LogP contribution in [-0.2, 0) is 0 Å². The van der Waals surface area contributed by atoms with Gasteiger partial charge in [-0.1, -0.05) is 200 Å². The molecule has 2 heterocycles. The maximum Gasteiger partial charge on any atom is 0.0601 e. The van der Waals surface area contributed by atoms with Crippen LogP contribution in [0.2, 0.25) is 0 Å². The van der Waals surface area contributed by atoms with E-state index < -0.39 is 0 Å². The van der Waals surface area contributed by atoms with Crippen molar-refractivity contribution in [3.8, 4) is 65.4 Å². The van der Waals surface area contributed by atoms with E-state index in [1.54, 1.807) is 0 Å². The van der Waals surface area contributed by atoms with Crippen molar-refractivity contribution in [2.75, 3.05) is 9.80 Å². The van der Waals surface area contributed by atoms with Gasteiger partial charge < -0.3 is 9.80 Å². The van der Waals surface area contributed by atoms with Gasteiger partial charge in [0.2, 0.25) is 0 Å². The number of aryl methyl sites for hydroxylation is 1. The predicted molar refractivity (Wildman–Crippen MR) is 295 cm³/mol. The zero-order valence-electron chi connectivity index (χ0n) is 38.0. The molecule has 4 heteroatoms. The Morgan fingerprint density at radius 1 is 0.319 bits per heavy atom. The van der Waals surface area contributed by atoms with E-state index in [0.29, 0.717) is 0 Å². The van der Waals surface area contributed by atoms with Crippen molar-refractivity contribution in [3.05, 3.63) is 266 Å². The number of anilines is 6. The number of thiophene rings is 1. The lowest BCUT2D eigenvalue weighted by Crippen LogP contribution is -2.14. The molecule has 12 rings (SSSR count). The molecule has 0 spiro atoms. The zero-order valence-corrected chi connectivity index (χ0v) is 39.7. The molecule has 0 amide bonds. The topological polar surface area (TPSA) is 6.48 Å². The Morgan fingerprint density at radius 2 is 0.768 bits per heavy atom. The van der Waals surface area contributed by atoms with Gasteiger partial charge in [0.1, 0.15) is 0 Å². The zero-order chi connectivity index (χ0) is 46.1. The van der Waals surface area contributed by atoms with Crippen LogP contribution in [0.25, 0.3) is 65.4 Å². The first kappa shape index (κ1) is 42.2. The summed E-state index contributed by atoms with van der Waals surface area (Å²) in [5.74, 6) is 0. The van der Waals surface area contributed by atoms with Gasteiger partial charge in [0, 0.05) is 53.4 Å². The molecule has 1 aliphatic heterocycles. The minimum absolute atomic E-state index is 1.09. The lowest BCUT2D eigenvalue weighted by atomic mass is 9.91. The fourth-order valence-electron chi connectivity index (χ4n) is 9.60. The fourth-order valence-corrected chi connectivity index (χ4v) is 12.1. The van der Waals surface area contributed by atoms with Crippen molar-refractivity contribution >= 4 is 57.2 Å². The van der Waals surface area contributed by atoms with Crippen molar-refractivity contribution in [3.63, 3.8) is 0 Å². The lowest BCUT2D eigenvalue weighted by molar-refractivity contribution is 1.16. The van der Waals surface area contributed by atoms with Gasteiger partial charge in [0.05, 0.1) is 11.4 Å². The number of para-hydroxylation sites is 1. The van der Waals surface area contributed by atoms with Crippen molar-refractivity contribution in [2.24, 2.45) is 0 Å². The van der Waals surface area contributed by atoms with E-state index in [1.807, 2.05) is 23.1 Å². The molecule has 0 N–H and O–H groups in total. The van der Waals surface area contributed by atoms with E-state index in [9.17, 15) is 0 Å². The molecule has 0 bridgehead atoms. The monoisotopic (exact) mass is 918 g/mol. The second-order valence-electron chi connectivity index (χ2n) is 17.4. The van der Waals surface area contributed by atoms with E-state index >= 15 is 0 Å². The summed E-state index contributed by atoms with van der Waals surface area (Å²) in [7, 11) is 0. The third-order valence-corrected chi connectivity index (χ3v) is 15.3. The molecule has 11 aromatic rings. The third kappa shape index (κ3) is 8.25. The van der Waals surface area contributed by atoms with E-state index in [1.165, 1.54) is 92.1 Å². The van der Waals surface area contributed by atoms with Gasteiger partial charge in [-0.2, -0.15) is 0 Å². The molecule has 0 saturated heterocycles. The highest BCUT2D eigenvalue weighted by Crippen LogP contribution is 2.54. The van der Waals surface area contributed by atoms with Gasteiger partial charge in [-0.25, -0.2) is 0 Å². The van der Waals surface area contributed by atoms with E-state index in [-0.39, 0.29) is 0 Å². The van der Waals surface area contributed by atoms with Crippen LogP contribution in [0.15, 0.2) is 271 Å². The molecule has 69 heavy (non-hydrogen) atoms. The largest absolute Gasteiger partial charge is 0.310 e. The van der Waals surface area contributed by atoms with Crippen LogP contribution >= 0.6 is 23.1 Å². The minimum atomic E-state index is 1.09. The molecule has 0 fully saturated rings. The lowest BCUT2D eigenvalue weighted by Gasteiger charge is -2.33. The summed E-state index contributed by atoms with van der Waals surface area (Å²) in [6, 6.07) is 94.9. The summed E-state index contributed by atoms with van der Waals surface area (Å²) >= 11 is 3.73. The van der Waals surface area contributed by atoms with Crippen LogP contribution in [0, 0.1) is 6.92 Å². The van der Waals surface area contributed by atoms with Crippen LogP contribution in [0.4, 0.5) is 34.1 Å². The molecule has 2 nitrogen and oxygen atoms in total. The van der Waals surface area contributed by atoms with E-state index in [2.05, 4.69) is 278 Å². The van der Waals surface area contributed by atoms with Gasteiger partial charge in [-0.3, -0.25) is 0 Å². The summed E-state index contributed by atoms with van der Waals surface area (Å²) in [5, 5.41) is 0. The molecule has 0 radical (unpaired) electrons. The number of rotatable bonds is 10. The van der Waals surface area contributed by atoms with E-state index in [4.69, 9.17) is 0 Å². The van der Waals surface area contributed by atoms with Crippen molar-refractivity contribution < 1.29 is 0 Å². The molecule has 10 aromatic carbocycles. The van der Waals surface area contributed by atoms with Crippen molar-refractivity contribution in [2.45, 2.75) is 16.7 Å². The van der Waals surface area contributed by atoms with Crippen LogP contribution < -0.4 is 9.80 Å². The highest BCUT2D eigenvalue weighted by Gasteiger charge is 2.27. The normalized spacial score (nSPS) is 11.8. The summed E-state index contributed by atoms with van der Waals surface area (Å²) in [6.07, 6.45) is 0. The molecule has 0 aliphatic carbocycles. The van der Waals surface area contributed by atoms with Crippen LogP contribution in [0.1, 0.15) is 5.56 Å². The number of hydrogen-bond donors (Lipinski definition) is 0. The first-order valence-corrected chi connectivity index (χ1v) is 25.0. The Kier molecular flexibility index (Phi) is 11.3. The minimum Gasteiger partial charge on any atom is -0.310 e. The molecular weight excluding hydrogens is 873 g/mol. The Labute approximate surface area is 413 Å². The standard InChI is InChI=1S/C65H46N2S2/c1-45-29-42-59-61(43-45)68-60-28-15-14-27-58(60)67(59)56-40-34-52(35-41-56)65-63(50-23-12-5-13-24-50)62(49-21-10-4-11-22-49)64(69-65)51-32-38-55(39-33-51)66(54-36-30-48(31-37-54)46-17-6-2-7-18-46)57-26-16-25-53(44-57)47-19-8-3-9-20-47/h2-44H,1H3. The second-order valence-corrected chi connectivity index (χ2v) is 19.5. The first-order chi connectivity index (χ1) is 34.1. The van der Waals surface area contributed by atoms with Crippen molar-refractivity contribution in [1.82, 2.24) is 0 Å². The average molecular weight is 919 g/mol. The number of nitrogens with zero attached hydrogens (tertiary/aromatic N) is 2. The van der Waals surface area contributed by atoms with Gasteiger partial charge in [-0.05, 0) is 130 Å². The maximum atomic E-state index is 2.41. The summed E-state index contributed by atoms with van der Waals surface area (Å²) in [4.78, 5) is 9.81. The quantitative estimate of drug-likeness (QED) is 0.135. The van der Waals surface area contributed by atoms with Crippen molar-refractivity contribution in [1.29, 1.82) is 0 Å². The third-order valence-electron chi connectivity index (χ3n) is 12.9. The van der Waals surface area contributed by atoms with Gasteiger partial charge >= 0.3 is 0 Å². The SMILES string of the molecule is Cc1ccc2c(c1)Sc1ccccc1N2c1ccc(-c2sc(-c3ccc(N(c4ccc(-c5ccccc5)cc4)c4cccc(-c5ccccc5)c4)cc3)c(-c3ccccc3)c2-c2ccccc2)cc1. The summed E-state index contributed by atoms with van der Waals surface area (Å²) in [5.41, 5.74) is 20.1. The van der Waals surface area contributed by atoms with Crippen LogP contribution in [0.5, 0.6) is 0 Å². The van der Waals surface area contributed by atoms with Crippen LogP contribution in [-0.4, -0.2) is 0 Å². The first-order valence-electron chi connectivity index (χ1n) is 23.4. The number of benzene rings is 10. The van der Waals surface area contributed by atoms with Gasteiger partial charge in [0.15, 0.2) is 0 Å². The highest BCUT2D eigenvalue weighted by atomic mass is 32.2. The highest BCUT2D eigenvalue weighted by molar-refractivity contribution is 7.99. The fraction of sp³-hybridized carbons (Fsp3) is 0.0154. The number of hydrogen-bond acceptors (Lipinski definition) is 4. The average Bonchev–Trinajstić information content (AvgIpc) is 3.83. The molecule has 0 unspecified atom stereocenters. The molecule has 0 atom stereocenters. The Hall–Kier alpha value is -8.15. The Bertz CT molecular complexity index is 3550. The molecule has 1 aliphatic rings. The summed E-state index contributed by atoms with van der Waals surface area (Å²) < 4.78 is 0. The maximum absolute atomic E-state index is 2.41. The van der Waals surface area contributed by atoms with Gasteiger partial charge in [0.25, 0.3) is 0 Å². The predicted octanol–water partition coefficient (Wildman–Crippen LogP) is 19.5. The molecule has 328 valence electrons. The molecular formula is C65H46N2S2. The van der Waals surface area contributed by atoms with E-state index in [0.717, 1.165) is 22.7 Å². The summed E-state index contributed by atoms with van der Waals surface area (Å²) in [6.45, 7) is 2.17. The molecule has 0 saturated carbocycles. The Balaban J connectivity index is 0.980. The molecule has 1 aromatic heterocycles. The van der Waals surface area contributed by atoms with Crippen LogP contribution in [0.3, 0.4) is 0 Å².